The monoisotopic (exact) mass is 313 g/mol. The summed E-state index contributed by atoms with van der Waals surface area (Å²) >= 11 is 9.47. The summed E-state index contributed by atoms with van der Waals surface area (Å²) in [6, 6.07) is 9.80. The van der Waals surface area contributed by atoms with Crippen LogP contribution in [0.3, 0.4) is 0 Å². The first kappa shape index (κ1) is 12.7. The summed E-state index contributed by atoms with van der Waals surface area (Å²) in [5, 5.41) is 4.13. The summed E-state index contributed by atoms with van der Waals surface area (Å²) in [6.45, 7) is 2.81. The van der Waals surface area contributed by atoms with Crippen molar-refractivity contribution in [2.75, 3.05) is 0 Å². The van der Waals surface area contributed by atoms with Crippen molar-refractivity contribution in [1.82, 2.24) is 5.32 Å². The molecule has 0 aliphatic heterocycles. The van der Waals surface area contributed by atoms with Crippen LogP contribution in [0.5, 0.6) is 0 Å². The molecule has 0 saturated heterocycles. The van der Waals surface area contributed by atoms with Crippen LogP contribution in [-0.4, -0.2) is 0 Å². The Kier molecular flexibility index (Phi) is 4.26. The molecule has 1 aromatic heterocycles. The summed E-state index contributed by atoms with van der Waals surface area (Å²) in [5.74, 6) is 0.933. The second kappa shape index (κ2) is 5.71. The largest absolute Gasteiger partial charge is 0.468 e. The maximum atomic E-state index is 5.96. The van der Waals surface area contributed by atoms with Crippen molar-refractivity contribution in [3.8, 4) is 0 Å². The number of halogens is 2. The number of nitrogens with one attached hydrogen (secondary N) is 1. The van der Waals surface area contributed by atoms with Crippen LogP contribution in [0.15, 0.2) is 45.5 Å². The second-order valence-electron chi connectivity index (χ2n) is 3.85. The van der Waals surface area contributed by atoms with Gasteiger partial charge in [-0.1, -0.05) is 27.5 Å². The van der Waals surface area contributed by atoms with Crippen LogP contribution in [0.25, 0.3) is 0 Å². The molecule has 17 heavy (non-hydrogen) atoms. The molecule has 4 heteroatoms. The zero-order valence-corrected chi connectivity index (χ0v) is 11.8. The average Bonchev–Trinajstić information content (AvgIpc) is 2.83. The zero-order valence-electron chi connectivity index (χ0n) is 9.41. The van der Waals surface area contributed by atoms with Gasteiger partial charge in [0.25, 0.3) is 0 Å². The summed E-state index contributed by atoms with van der Waals surface area (Å²) in [4.78, 5) is 0. The first-order valence-electron chi connectivity index (χ1n) is 5.37. The van der Waals surface area contributed by atoms with E-state index in [1.807, 2.05) is 30.3 Å². The molecule has 0 fully saturated rings. The average molecular weight is 315 g/mol. The van der Waals surface area contributed by atoms with Crippen molar-refractivity contribution >= 4 is 27.5 Å². The number of hydrogen-bond acceptors (Lipinski definition) is 2. The molecule has 2 rings (SSSR count). The molecule has 0 saturated carbocycles. The number of hydrogen-bond donors (Lipinski definition) is 1. The molecule has 0 aliphatic carbocycles. The van der Waals surface area contributed by atoms with Crippen LogP contribution in [0.2, 0.25) is 5.02 Å². The van der Waals surface area contributed by atoms with Gasteiger partial charge in [-0.15, -0.1) is 0 Å². The Balaban J connectivity index is 2.00. The van der Waals surface area contributed by atoms with Gasteiger partial charge < -0.3 is 9.73 Å². The third-order valence-electron chi connectivity index (χ3n) is 2.58. The first-order chi connectivity index (χ1) is 8.16. The topological polar surface area (TPSA) is 25.2 Å². The lowest BCUT2D eigenvalue weighted by Gasteiger charge is -2.12. The van der Waals surface area contributed by atoms with Crippen LogP contribution < -0.4 is 5.32 Å². The molecule has 1 atom stereocenters. The summed E-state index contributed by atoms with van der Waals surface area (Å²) in [6.07, 6.45) is 1.68. The van der Waals surface area contributed by atoms with Crippen LogP contribution in [0, 0.1) is 0 Å². The van der Waals surface area contributed by atoms with Gasteiger partial charge in [0.05, 0.1) is 12.3 Å². The lowest BCUT2D eigenvalue weighted by atomic mass is 10.2. The summed E-state index contributed by atoms with van der Waals surface area (Å²) < 4.78 is 6.39. The molecule has 90 valence electrons. The summed E-state index contributed by atoms with van der Waals surface area (Å²) in [5.41, 5.74) is 1.14. The predicted molar refractivity (Wildman–Crippen MR) is 73.1 cm³/mol. The fraction of sp³-hybridized carbons (Fsp3) is 0.231. The molecular weight excluding hydrogens is 302 g/mol. The van der Waals surface area contributed by atoms with E-state index in [9.17, 15) is 0 Å². The van der Waals surface area contributed by atoms with Gasteiger partial charge in [0.2, 0.25) is 0 Å². The minimum Gasteiger partial charge on any atom is -0.468 e. The van der Waals surface area contributed by atoms with E-state index in [1.54, 1.807) is 6.26 Å². The van der Waals surface area contributed by atoms with Crippen molar-refractivity contribution in [3.05, 3.63) is 57.4 Å². The lowest BCUT2D eigenvalue weighted by molar-refractivity contribution is 0.430. The molecular formula is C13H13BrClNO. The molecule has 0 amide bonds. The fourth-order valence-corrected chi connectivity index (χ4v) is 2.16. The van der Waals surface area contributed by atoms with Crippen LogP contribution in [0.1, 0.15) is 24.3 Å². The Bertz CT molecular complexity index is 484. The molecule has 0 radical (unpaired) electrons. The molecule has 1 N–H and O–H groups in total. The van der Waals surface area contributed by atoms with Gasteiger partial charge >= 0.3 is 0 Å². The number of rotatable bonds is 4. The SMILES string of the molecule is CC(NCc1cc(Cl)ccc1Br)c1ccco1. The van der Waals surface area contributed by atoms with Gasteiger partial charge in [0.15, 0.2) is 0 Å². The van der Waals surface area contributed by atoms with E-state index in [1.165, 1.54) is 0 Å². The van der Waals surface area contributed by atoms with Crippen molar-refractivity contribution in [2.24, 2.45) is 0 Å². The van der Waals surface area contributed by atoms with Gasteiger partial charge in [0.1, 0.15) is 5.76 Å². The van der Waals surface area contributed by atoms with Crippen LogP contribution in [-0.2, 0) is 6.54 Å². The maximum absolute atomic E-state index is 5.96. The quantitative estimate of drug-likeness (QED) is 0.896. The minimum atomic E-state index is 0.177. The molecule has 1 aromatic carbocycles. The lowest BCUT2D eigenvalue weighted by Crippen LogP contribution is -2.17. The highest BCUT2D eigenvalue weighted by Crippen LogP contribution is 2.22. The van der Waals surface area contributed by atoms with E-state index in [2.05, 4.69) is 28.2 Å². The molecule has 2 nitrogen and oxygen atoms in total. The number of benzene rings is 1. The van der Waals surface area contributed by atoms with Crippen molar-refractivity contribution in [3.63, 3.8) is 0 Å². The summed E-state index contributed by atoms with van der Waals surface area (Å²) in [7, 11) is 0. The Morgan fingerprint density at radius 1 is 1.41 bits per heavy atom. The van der Waals surface area contributed by atoms with Crippen LogP contribution >= 0.6 is 27.5 Å². The fourth-order valence-electron chi connectivity index (χ4n) is 1.58. The van der Waals surface area contributed by atoms with Gasteiger partial charge in [-0.3, -0.25) is 0 Å². The standard InChI is InChI=1S/C13H13BrClNO/c1-9(13-3-2-6-17-13)16-8-10-7-11(15)4-5-12(10)14/h2-7,9,16H,8H2,1H3. The Morgan fingerprint density at radius 2 is 2.24 bits per heavy atom. The molecule has 0 bridgehead atoms. The van der Waals surface area contributed by atoms with Gasteiger partial charge in [0, 0.05) is 16.0 Å². The van der Waals surface area contributed by atoms with Crippen LogP contribution in [0.4, 0.5) is 0 Å². The highest BCUT2D eigenvalue weighted by Gasteiger charge is 2.08. The normalized spacial score (nSPS) is 12.6. The van der Waals surface area contributed by atoms with E-state index < -0.39 is 0 Å². The Labute approximate surface area is 114 Å². The van der Waals surface area contributed by atoms with Crippen molar-refractivity contribution in [1.29, 1.82) is 0 Å². The maximum Gasteiger partial charge on any atom is 0.120 e. The van der Waals surface area contributed by atoms with Gasteiger partial charge in [-0.05, 0) is 42.8 Å². The van der Waals surface area contributed by atoms with Crippen molar-refractivity contribution < 1.29 is 4.42 Å². The predicted octanol–water partition coefficient (Wildman–Crippen LogP) is 4.55. The molecule has 1 unspecified atom stereocenters. The van der Waals surface area contributed by atoms with Crippen molar-refractivity contribution in [2.45, 2.75) is 19.5 Å². The van der Waals surface area contributed by atoms with E-state index in [4.69, 9.17) is 16.0 Å². The highest BCUT2D eigenvalue weighted by atomic mass is 79.9. The molecule has 1 heterocycles. The third kappa shape index (κ3) is 3.35. The van der Waals surface area contributed by atoms with Gasteiger partial charge in [-0.25, -0.2) is 0 Å². The zero-order chi connectivity index (χ0) is 12.3. The molecule has 2 aromatic rings. The second-order valence-corrected chi connectivity index (χ2v) is 5.14. The van der Waals surface area contributed by atoms with Gasteiger partial charge in [-0.2, -0.15) is 0 Å². The first-order valence-corrected chi connectivity index (χ1v) is 6.54. The number of furan rings is 1. The smallest absolute Gasteiger partial charge is 0.120 e. The molecule has 0 aliphatic rings. The Hall–Kier alpha value is -0.770. The molecule has 0 spiro atoms. The van der Waals surface area contributed by atoms with E-state index in [0.29, 0.717) is 0 Å². The van der Waals surface area contributed by atoms with E-state index in [0.717, 1.165) is 27.4 Å². The third-order valence-corrected chi connectivity index (χ3v) is 3.59. The highest BCUT2D eigenvalue weighted by molar-refractivity contribution is 9.10. The minimum absolute atomic E-state index is 0.177. The Morgan fingerprint density at radius 3 is 2.94 bits per heavy atom. The van der Waals surface area contributed by atoms with E-state index >= 15 is 0 Å². The van der Waals surface area contributed by atoms with E-state index in [-0.39, 0.29) is 6.04 Å².